The van der Waals surface area contributed by atoms with Gasteiger partial charge in [-0.2, -0.15) is 0 Å². The van der Waals surface area contributed by atoms with Crippen molar-refractivity contribution in [3.8, 4) is 17.2 Å². The van der Waals surface area contributed by atoms with Crippen LogP contribution in [0.1, 0.15) is 30.4 Å². The van der Waals surface area contributed by atoms with E-state index in [2.05, 4.69) is 0 Å². The summed E-state index contributed by atoms with van der Waals surface area (Å²) in [5, 5.41) is 29.3. The van der Waals surface area contributed by atoms with Crippen LogP contribution in [0.2, 0.25) is 0 Å². The van der Waals surface area contributed by atoms with Gasteiger partial charge < -0.3 is 20.1 Å². The number of aliphatic hydroxyl groups excluding tert-OH is 1. The quantitative estimate of drug-likeness (QED) is 0.609. The van der Waals surface area contributed by atoms with Crippen LogP contribution in [-0.2, 0) is 17.6 Å². The van der Waals surface area contributed by atoms with Crippen LogP contribution in [-0.4, -0.2) is 34.3 Å². The highest BCUT2D eigenvalue weighted by molar-refractivity contribution is 5.79. The van der Waals surface area contributed by atoms with E-state index < -0.39 is 6.10 Å². The average Bonchev–Trinajstić information content (AvgIpc) is 2.61. The first-order valence-corrected chi connectivity index (χ1v) is 8.32. The fraction of sp³-hybridized carbons (Fsp3) is 0.350. The van der Waals surface area contributed by atoms with Crippen molar-refractivity contribution in [2.75, 3.05) is 7.11 Å². The van der Waals surface area contributed by atoms with Crippen molar-refractivity contribution in [2.24, 2.45) is 0 Å². The number of carbonyl (C=O) groups excluding carboxylic acids is 1. The van der Waals surface area contributed by atoms with Crippen LogP contribution in [0.5, 0.6) is 17.2 Å². The first-order chi connectivity index (χ1) is 12.0. The lowest BCUT2D eigenvalue weighted by atomic mass is 10.00. The summed E-state index contributed by atoms with van der Waals surface area (Å²) in [6.45, 7) is 0. The maximum atomic E-state index is 12.0. The van der Waals surface area contributed by atoms with Gasteiger partial charge in [-0.1, -0.05) is 30.3 Å². The summed E-state index contributed by atoms with van der Waals surface area (Å²) in [5.74, 6) is -0.350. The molecule has 0 heterocycles. The third kappa shape index (κ3) is 5.80. The molecule has 5 nitrogen and oxygen atoms in total. The second-order valence-corrected chi connectivity index (χ2v) is 6.09. The van der Waals surface area contributed by atoms with E-state index in [1.165, 1.54) is 13.2 Å². The number of methoxy groups -OCH3 is 1. The molecule has 0 saturated carbocycles. The first kappa shape index (κ1) is 18.8. The molecule has 0 fully saturated rings. The molecule has 2 rings (SSSR count). The number of ketones is 1. The summed E-state index contributed by atoms with van der Waals surface area (Å²) in [6.07, 6.45) is 1.34. The second kappa shape index (κ2) is 9.08. The summed E-state index contributed by atoms with van der Waals surface area (Å²) >= 11 is 0. The van der Waals surface area contributed by atoms with E-state index in [0.717, 1.165) is 11.1 Å². The highest BCUT2D eigenvalue weighted by Crippen LogP contribution is 2.36. The van der Waals surface area contributed by atoms with Crippen LogP contribution >= 0.6 is 0 Å². The number of benzene rings is 2. The zero-order chi connectivity index (χ0) is 18.2. The normalized spacial score (nSPS) is 11.9. The van der Waals surface area contributed by atoms with Gasteiger partial charge in [0.15, 0.2) is 11.5 Å². The molecule has 134 valence electrons. The van der Waals surface area contributed by atoms with Gasteiger partial charge in [-0.15, -0.1) is 0 Å². The van der Waals surface area contributed by atoms with E-state index in [4.69, 9.17) is 4.74 Å². The average molecular weight is 344 g/mol. The number of carbonyl (C=O) groups is 1. The van der Waals surface area contributed by atoms with Crippen LogP contribution < -0.4 is 4.74 Å². The molecule has 25 heavy (non-hydrogen) atoms. The number of hydrogen-bond donors (Lipinski definition) is 3. The fourth-order valence-electron chi connectivity index (χ4n) is 2.68. The van der Waals surface area contributed by atoms with E-state index in [0.29, 0.717) is 25.7 Å². The summed E-state index contributed by atoms with van der Waals surface area (Å²) in [7, 11) is 1.40. The molecule has 3 N–H and O–H groups in total. The van der Waals surface area contributed by atoms with Crippen molar-refractivity contribution in [2.45, 2.75) is 38.2 Å². The number of aryl methyl sites for hydroxylation is 2. The molecular weight excluding hydrogens is 320 g/mol. The number of phenolic OH excluding ortho intramolecular Hbond substituents is 2. The van der Waals surface area contributed by atoms with Crippen molar-refractivity contribution >= 4 is 5.78 Å². The van der Waals surface area contributed by atoms with Gasteiger partial charge in [0.2, 0.25) is 5.75 Å². The minimum Gasteiger partial charge on any atom is -0.504 e. The van der Waals surface area contributed by atoms with Gasteiger partial charge in [-0.25, -0.2) is 0 Å². The third-order valence-corrected chi connectivity index (χ3v) is 4.10. The Labute approximate surface area is 147 Å². The molecule has 0 saturated heterocycles. The molecule has 0 aliphatic heterocycles. The molecule has 0 aromatic heterocycles. The Morgan fingerprint density at radius 2 is 1.80 bits per heavy atom. The van der Waals surface area contributed by atoms with E-state index in [-0.39, 0.29) is 29.5 Å². The van der Waals surface area contributed by atoms with Gasteiger partial charge >= 0.3 is 0 Å². The van der Waals surface area contributed by atoms with Crippen molar-refractivity contribution in [1.82, 2.24) is 0 Å². The van der Waals surface area contributed by atoms with Crippen LogP contribution in [0.4, 0.5) is 0 Å². The Hall–Kier alpha value is -2.53. The van der Waals surface area contributed by atoms with Gasteiger partial charge in [-0.3, -0.25) is 4.79 Å². The van der Waals surface area contributed by atoms with Crippen molar-refractivity contribution in [1.29, 1.82) is 0 Å². The summed E-state index contributed by atoms with van der Waals surface area (Å²) in [6, 6.07) is 12.8. The first-order valence-electron chi connectivity index (χ1n) is 8.32. The third-order valence-electron chi connectivity index (χ3n) is 4.10. The predicted octanol–water partition coefficient (Wildman–Crippen LogP) is 2.99. The van der Waals surface area contributed by atoms with Crippen LogP contribution in [0.15, 0.2) is 42.5 Å². The molecule has 2 aromatic rings. The Balaban J connectivity index is 1.79. The molecular formula is C20H24O5. The lowest BCUT2D eigenvalue weighted by Gasteiger charge is -2.12. The Morgan fingerprint density at radius 1 is 1.08 bits per heavy atom. The maximum Gasteiger partial charge on any atom is 0.200 e. The molecule has 1 atom stereocenters. The number of ether oxygens (including phenoxy) is 1. The summed E-state index contributed by atoms with van der Waals surface area (Å²) in [4.78, 5) is 12.0. The molecule has 0 aliphatic carbocycles. The molecule has 0 bridgehead atoms. The number of phenols is 2. The van der Waals surface area contributed by atoms with E-state index in [9.17, 15) is 20.1 Å². The van der Waals surface area contributed by atoms with E-state index in [1.54, 1.807) is 6.07 Å². The molecule has 0 spiro atoms. The highest BCUT2D eigenvalue weighted by Gasteiger charge is 2.14. The number of aliphatic hydroxyl groups is 1. The number of rotatable bonds is 9. The Kier molecular flexibility index (Phi) is 6.83. The maximum absolute atomic E-state index is 12.0. The predicted molar refractivity (Wildman–Crippen MR) is 95.0 cm³/mol. The molecule has 5 heteroatoms. The van der Waals surface area contributed by atoms with Gasteiger partial charge in [0.05, 0.1) is 13.2 Å². The second-order valence-electron chi connectivity index (χ2n) is 6.09. The number of Topliss-reactive ketones (excluding diaryl/α,β-unsaturated/α-hetero) is 1. The van der Waals surface area contributed by atoms with Gasteiger partial charge in [0, 0.05) is 12.8 Å². The fourth-order valence-corrected chi connectivity index (χ4v) is 2.68. The molecule has 0 unspecified atom stereocenters. The molecule has 0 aliphatic rings. The standard InChI is InChI=1S/C20H24O5/c1-25-19-12-15(11-18(23)20(19)24)8-10-17(22)13-16(21)9-7-14-5-3-2-4-6-14/h2-6,11-12,17,22-24H,7-10,13H2,1H3/t17-/m1/s1. The summed E-state index contributed by atoms with van der Waals surface area (Å²) < 4.78 is 4.99. The van der Waals surface area contributed by atoms with Crippen LogP contribution in [0.25, 0.3) is 0 Å². The zero-order valence-electron chi connectivity index (χ0n) is 14.3. The molecule has 2 aromatic carbocycles. The van der Waals surface area contributed by atoms with E-state index >= 15 is 0 Å². The largest absolute Gasteiger partial charge is 0.504 e. The highest BCUT2D eigenvalue weighted by atomic mass is 16.5. The zero-order valence-corrected chi connectivity index (χ0v) is 14.3. The Morgan fingerprint density at radius 3 is 2.48 bits per heavy atom. The monoisotopic (exact) mass is 344 g/mol. The molecule has 0 radical (unpaired) electrons. The smallest absolute Gasteiger partial charge is 0.200 e. The van der Waals surface area contributed by atoms with E-state index in [1.807, 2.05) is 30.3 Å². The Bertz CT molecular complexity index is 697. The van der Waals surface area contributed by atoms with Gasteiger partial charge in [0.25, 0.3) is 0 Å². The van der Waals surface area contributed by atoms with Crippen molar-refractivity contribution < 1.29 is 24.9 Å². The minimum absolute atomic E-state index is 0.0301. The number of aromatic hydroxyl groups is 2. The minimum atomic E-state index is -0.731. The van der Waals surface area contributed by atoms with Crippen molar-refractivity contribution in [3.05, 3.63) is 53.6 Å². The SMILES string of the molecule is COc1cc(CC[C@@H](O)CC(=O)CCc2ccccc2)cc(O)c1O. The van der Waals surface area contributed by atoms with Crippen LogP contribution in [0.3, 0.4) is 0 Å². The summed E-state index contributed by atoms with van der Waals surface area (Å²) in [5.41, 5.74) is 1.83. The van der Waals surface area contributed by atoms with Crippen molar-refractivity contribution in [3.63, 3.8) is 0 Å². The lowest BCUT2D eigenvalue weighted by molar-refractivity contribution is -0.120. The lowest BCUT2D eigenvalue weighted by Crippen LogP contribution is -2.15. The van der Waals surface area contributed by atoms with Gasteiger partial charge in [-0.05, 0) is 42.5 Å². The number of hydrogen-bond acceptors (Lipinski definition) is 5. The van der Waals surface area contributed by atoms with Crippen LogP contribution in [0, 0.1) is 0 Å². The molecule has 0 amide bonds. The van der Waals surface area contributed by atoms with Gasteiger partial charge in [0.1, 0.15) is 5.78 Å². The topological polar surface area (TPSA) is 87.0 Å².